The van der Waals surface area contributed by atoms with Crippen molar-refractivity contribution in [1.82, 2.24) is 0 Å². The molecule has 1 heterocycles. The Labute approximate surface area is 127 Å². The van der Waals surface area contributed by atoms with Crippen LogP contribution in [0.25, 0.3) is 0 Å². The first kappa shape index (κ1) is 18.9. The number of likely N-dealkylation sites (tertiary alicyclic amines) is 1. The van der Waals surface area contributed by atoms with E-state index in [9.17, 15) is 8.77 Å². The fourth-order valence-corrected chi connectivity index (χ4v) is 4.45. The summed E-state index contributed by atoms with van der Waals surface area (Å²) >= 11 is -2.47. The molecule has 9 heteroatoms. The number of piperidine rings is 1. The van der Waals surface area contributed by atoms with Crippen LogP contribution in [0.2, 0.25) is 0 Å². The van der Waals surface area contributed by atoms with Gasteiger partial charge in [0.25, 0.3) is 0 Å². The van der Waals surface area contributed by atoms with Gasteiger partial charge in [-0.3, -0.25) is 4.57 Å². The quantitative estimate of drug-likeness (QED) is 0.207. The minimum absolute atomic E-state index is 0. The summed E-state index contributed by atoms with van der Waals surface area (Å²) in [5.41, 5.74) is 0. The molecule has 3 unspecified atom stereocenters. The van der Waals surface area contributed by atoms with Gasteiger partial charge in [0.15, 0.2) is 16.1 Å². The van der Waals surface area contributed by atoms with Gasteiger partial charge in [0.2, 0.25) is 0 Å². The zero-order chi connectivity index (χ0) is 13.3. The molecule has 110 valence electrons. The fourth-order valence-electron chi connectivity index (χ4n) is 2.50. The van der Waals surface area contributed by atoms with E-state index in [0.29, 0.717) is 0 Å². The third-order valence-electron chi connectivity index (χ3n) is 3.27. The summed E-state index contributed by atoms with van der Waals surface area (Å²) < 4.78 is 31.9. The predicted octanol–water partition coefficient (Wildman–Crippen LogP) is -2.41. The van der Waals surface area contributed by atoms with Crippen molar-refractivity contribution in [3.63, 3.8) is 0 Å². The van der Waals surface area contributed by atoms with E-state index in [4.69, 9.17) is 14.3 Å². The molecular formula is C9H21INO5PS. The largest absolute Gasteiger partial charge is 1.00 e. The van der Waals surface area contributed by atoms with E-state index in [2.05, 4.69) is 14.1 Å². The van der Waals surface area contributed by atoms with Gasteiger partial charge in [-0.05, 0) is 19.3 Å². The average molecular weight is 413 g/mol. The molecule has 1 rings (SSSR count). The van der Waals surface area contributed by atoms with Gasteiger partial charge in [-0.25, -0.2) is 4.21 Å². The van der Waals surface area contributed by atoms with Crippen molar-refractivity contribution >= 4 is 18.7 Å². The lowest BCUT2D eigenvalue weighted by atomic mass is 9.94. The number of hydrogen-bond donors (Lipinski definition) is 3. The van der Waals surface area contributed by atoms with Crippen molar-refractivity contribution in [3.05, 3.63) is 0 Å². The van der Waals surface area contributed by atoms with Crippen LogP contribution in [-0.4, -0.2) is 55.2 Å². The fraction of sp³-hybridized carbons (Fsp3) is 1.00. The Balaban J connectivity index is 0.00000289. The molecule has 1 aliphatic heterocycles. The molecule has 18 heavy (non-hydrogen) atoms. The molecule has 0 aromatic rings. The second kappa shape index (κ2) is 7.10. The molecule has 0 spiro atoms. The molecule has 0 amide bonds. The van der Waals surface area contributed by atoms with Crippen LogP contribution in [0.5, 0.6) is 0 Å². The predicted molar refractivity (Wildman–Crippen MR) is 65.8 cm³/mol. The van der Waals surface area contributed by atoms with Crippen molar-refractivity contribution < 1.29 is 51.6 Å². The smallest absolute Gasteiger partial charge is 0.343 e. The third kappa shape index (κ3) is 5.94. The van der Waals surface area contributed by atoms with Crippen molar-refractivity contribution in [3.8, 4) is 0 Å². The van der Waals surface area contributed by atoms with Gasteiger partial charge in [0.1, 0.15) is 0 Å². The first-order chi connectivity index (χ1) is 7.62. The van der Waals surface area contributed by atoms with Crippen LogP contribution in [0.4, 0.5) is 0 Å². The van der Waals surface area contributed by atoms with E-state index in [1.54, 1.807) is 0 Å². The molecule has 0 saturated carbocycles. The maximum absolute atomic E-state index is 11.1. The molecule has 1 aliphatic rings. The van der Waals surface area contributed by atoms with E-state index < -0.39 is 23.7 Å². The number of rotatable bonds is 4. The molecule has 0 aliphatic carbocycles. The first-order valence-electron chi connectivity index (χ1n) is 5.59. The highest BCUT2D eigenvalue weighted by atomic mass is 127. The highest BCUT2D eigenvalue weighted by Gasteiger charge is 2.39. The zero-order valence-corrected chi connectivity index (χ0v) is 14.4. The standard InChI is InChI=1S/C9H20NO5PS.HI/c1-10(2)5-3-4-8(7-10)6-9(17(14)15)16(11,12)13;/h8-9H,3-7H2,1-2H3,(H2-,11,12,13,14,15);1H. The Bertz CT molecular complexity index is 348. The summed E-state index contributed by atoms with van der Waals surface area (Å²) in [4.78, 5) is 16.7. The Morgan fingerprint density at radius 1 is 1.44 bits per heavy atom. The lowest BCUT2D eigenvalue weighted by Crippen LogP contribution is -3.00. The molecule has 0 radical (unpaired) electrons. The zero-order valence-electron chi connectivity index (χ0n) is 10.5. The van der Waals surface area contributed by atoms with Gasteiger partial charge in [0.05, 0.1) is 27.2 Å². The lowest BCUT2D eigenvalue weighted by molar-refractivity contribution is -0.898. The third-order valence-corrected chi connectivity index (χ3v) is 6.26. The van der Waals surface area contributed by atoms with Gasteiger partial charge in [0, 0.05) is 5.92 Å². The SMILES string of the molecule is C[N+]1(C)CCCC(CC(S(=O)O)P(=O)(O)O)C1.[I-]. The van der Waals surface area contributed by atoms with Crippen LogP contribution >= 0.6 is 7.60 Å². The Hall–Kier alpha value is 0.950. The van der Waals surface area contributed by atoms with Crippen molar-refractivity contribution in [2.24, 2.45) is 5.92 Å². The molecule has 1 saturated heterocycles. The van der Waals surface area contributed by atoms with Crippen LogP contribution in [0.1, 0.15) is 19.3 Å². The topological polar surface area (TPSA) is 94.8 Å². The van der Waals surface area contributed by atoms with Crippen LogP contribution in [0.15, 0.2) is 0 Å². The summed E-state index contributed by atoms with van der Waals surface area (Å²) in [5, 5.41) is 0. The Morgan fingerprint density at radius 3 is 2.39 bits per heavy atom. The summed E-state index contributed by atoms with van der Waals surface area (Å²) in [6.07, 6.45) is 1.98. The average Bonchev–Trinajstić information content (AvgIpc) is 2.10. The van der Waals surface area contributed by atoms with Crippen LogP contribution in [-0.2, 0) is 15.6 Å². The van der Waals surface area contributed by atoms with E-state index in [-0.39, 0.29) is 36.3 Å². The first-order valence-corrected chi connectivity index (χ1v) is 8.44. The molecule has 1 fully saturated rings. The van der Waals surface area contributed by atoms with E-state index in [1.807, 2.05) is 0 Å². The van der Waals surface area contributed by atoms with Gasteiger partial charge in [-0.2, -0.15) is 0 Å². The Morgan fingerprint density at radius 2 is 2.00 bits per heavy atom. The minimum Gasteiger partial charge on any atom is -1.00 e. The molecule has 0 aromatic heterocycles. The van der Waals surface area contributed by atoms with E-state index in [0.717, 1.165) is 30.4 Å². The summed E-state index contributed by atoms with van der Waals surface area (Å²) in [5.74, 6) is 0.104. The maximum Gasteiger partial charge on any atom is 0.343 e. The Kier molecular flexibility index (Phi) is 7.48. The molecule has 3 atom stereocenters. The maximum atomic E-state index is 11.1. The van der Waals surface area contributed by atoms with Gasteiger partial charge < -0.3 is 42.8 Å². The van der Waals surface area contributed by atoms with Crippen LogP contribution in [0.3, 0.4) is 0 Å². The number of quaternary nitrogens is 1. The van der Waals surface area contributed by atoms with Crippen molar-refractivity contribution in [2.75, 3.05) is 27.2 Å². The number of halogens is 1. The normalized spacial score (nSPS) is 27.1. The van der Waals surface area contributed by atoms with Gasteiger partial charge in [-0.15, -0.1) is 0 Å². The highest BCUT2D eigenvalue weighted by molar-refractivity contribution is 7.88. The van der Waals surface area contributed by atoms with Crippen LogP contribution < -0.4 is 24.0 Å². The van der Waals surface area contributed by atoms with Crippen molar-refractivity contribution in [1.29, 1.82) is 0 Å². The second-order valence-corrected chi connectivity index (χ2v) is 8.68. The molecule has 3 N–H and O–H groups in total. The molecule has 0 bridgehead atoms. The monoisotopic (exact) mass is 413 g/mol. The summed E-state index contributed by atoms with van der Waals surface area (Å²) in [7, 11) is -0.369. The summed E-state index contributed by atoms with van der Waals surface area (Å²) in [6.45, 7) is 1.84. The summed E-state index contributed by atoms with van der Waals surface area (Å²) in [6, 6.07) is 0. The molecule has 6 nitrogen and oxygen atoms in total. The number of hydrogen-bond acceptors (Lipinski definition) is 2. The van der Waals surface area contributed by atoms with Gasteiger partial charge >= 0.3 is 7.60 Å². The van der Waals surface area contributed by atoms with E-state index >= 15 is 0 Å². The number of nitrogens with zero attached hydrogens (tertiary/aromatic N) is 1. The lowest BCUT2D eigenvalue weighted by Gasteiger charge is -2.38. The second-order valence-electron chi connectivity index (χ2n) is 5.41. The van der Waals surface area contributed by atoms with Crippen LogP contribution in [0, 0.1) is 5.92 Å². The molecular weight excluding hydrogens is 392 g/mol. The molecule has 0 aromatic carbocycles. The van der Waals surface area contributed by atoms with Crippen molar-refractivity contribution in [2.45, 2.75) is 24.3 Å². The van der Waals surface area contributed by atoms with Gasteiger partial charge in [-0.1, -0.05) is 0 Å². The van der Waals surface area contributed by atoms with E-state index in [1.165, 1.54) is 0 Å². The minimum atomic E-state index is -4.50. The highest BCUT2D eigenvalue weighted by Crippen LogP contribution is 2.46.